The van der Waals surface area contributed by atoms with Gasteiger partial charge in [0.05, 0.1) is 0 Å². The number of ether oxygens (including phenoxy) is 1. The van der Waals surface area contributed by atoms with Gasteiger partial charge in [0.1, 0.15) is 11.3 Å². The molecule has 2 aromatic rings. The van der Waals surface area contributed by atoms with Crippen molar-refractivity contribution in [1.29, 1.82) is 0 Å². The zero-order chi connectivity index (χ0) is 17.9. The van der Waals surface area contributed by atoms with Gasteiger partial charge in [0.2, 0.25) is 0 Å². The first-order chi connectivity index (χ1) is 11.2. The molecule has 0 atom stereocenters. The van der Waals surface area contributed by atoms with Crippen molar-refractivity contribution in [2.45, 2.75) is 52.6 Å². The SMILES string of the molecule is CNC(=O)c1[nH]c2ccc(C)cc2c1CCCC(=O)OC(C)(C)C. The van der Waals surface area contributed by atoms with E-state index in [1.807, 2.05) is 39.8 Å². The smallest absolute Gasteiger partial charge is 0.306 e. The number of H-pyrrole nitrogens is 1. The normalized spacial score (nSPS) is 11.5. The maximum atomic E-state index is 12.1. The van der Waals surface area contributed by atoms with E-state index >= 15 is 0 Å². The number of aromatic amines is 1. The van der Waals surface area contributed by atoms with Crippen molar-refractivity contribution in [2.75, 3.05) is 7.05 Å². The van der Waals surface area contributed by atoms with Crippen LogP contribution in [0.3, 0.4) is 0 Å². The second-order valence-electron chi connectivity index (χ2n) is 7.05. The molecule has 5 nitrogen and oxygen atoms in total. The van der Waals surface area contributed by atoms with Crippen LogP contribution >= 0.6 is 0 Å². The number of hydrogen-bond donors (Lipinski definition) is 2. The Morgan fingerprint density at radius 3 is 2.58 bits per heavy atom. The van der Waals surface area contributed by atoms with E-state index in [1.165, 1.54) is 0 Å². The highest BCUT2D eigenvalue weighted by atomic mass is 16.6. The van der Waals surface area contributed by atoms with Crippen LogP contribution in [0.2, 0.25) is 0 Å². The van der Waals surface area contributed by atoms with E-state index in [-0.39, 0.29) is 11.9 Å². The summed E-state index contributed by atoms with van der Waals surface area (Å²) < 4.78 is 5.34. The minimum absolute atomic E-state index is 0.142. The molecule has 1 amide bonds. The van der Waals surface area contributed by atoms with Gasteiger partial charge in [-0.25, -0.2) is 0 Å². The lowest BCUT2D eigenvalue weighted by Gasteiger charge is -2.19. The summed E-state index contributed by atoms with van der Waals surface area (Å²) in [7, 11) is 1.61. The second kappa shape index (κ2) is 7.07. The molecule has 0 aliphatic heterocycles. The van der Waals surface area contributed by atoms with Crippen LogP contribution in [-0.2, 0) is 16.0 Å². The molecule has 0 bridgehead atoms. The van der Waals surface area contributed by atoms with E-state index in [2.05, 4.69) is 16.4 Å². The highest BCUT2D eigenvalue weighted by Gasteiger charge is 2.19. The van der Waals surface area contributed by atoms with E-state index < -0.39 is 5.60 Å². The summed E-state index contributed by atoms with van der Waals surface area (Å²) in [5.41, 5.74) is 3.13. The Kier molecular flexibility index (Phi) is 5.32. The Balaban J connectivity index is 2.19. The van der Waals surface area contributed by atoms with Crippen LogP contribution in [0.5, 0.6) is 0 Å². The summed E-state index contributed by atoms with van der Waals surface area (Å²) in [5.74, 6) is -0.351. The van der Waals surface area contributed by atoms with Crippen molar-refractivity contribution in [3.8, 4) is 0 Å². The molecule has 0 spiro atoms. The summed E-state index contributed by atoms with van der Waals surface area (Å²) in [6, 6.07) is 6.06. The predicted molar refractivity (Wildman–Crippen MR) is 95.2 cm³/mol. The van der Waals surface area contributed by atoms with Crippen LogP contribution in [0.25, 0.3) is 10.9 Å². The van der Waals surface area contributed by atoms with E-state index in [9.17, 15) is 9.59 Å². The third-order valence-corrected chi connectivity index (χ3v) is 3.74. The van der Waals surface area contributed by atoms with Gasteiger partial charge in [-0.3, -0.25) is 9.59 Å². The van der Waals surface area contributed by atoms with Crippen LogP contribution in [-0.4, -0.2) is 29.5 Å². The summed E-state index contributed by atoms with van der Waals surface area (Å²) >= 11 is 0. The van der Waals surface area contributed by atoms with Gasteiger partial charge >= 0.3 is 5.97 Å². The number of aryl methyl sites for hydroxylation is 2. The molecule has 24 heavy (non-hydrogen) atoms. The molecule has 2 N–H and O–H groups in total. The molecule has 5 heteroatoms. The van der Waals surface area contributed by atoms with Crippen LogP contribution < -0.4 is 5.32 Å². The molecule has 0 aliphatic carbocycles. The van der Waals surface area contributed by atoms with Crippen molar-refractivity contribution < 1.29 is 14.3 Å². The lowest BCUT2D eigenvalue weighted by molar-refractivity contribution is -0.154. The monoisotopic (exact) mass is 330 g/mol. The quantitative estimate of drug-likeness (QED) is 0.824. The first-order valence-electron chi connectivity index (χ1n) is 8.26. The van der Waals surface area contributed by atoms with E-state index in [1.54, 1.807) is 7.05 Å². The van der Waals surface area contributed by atoms with Gasteiger partial charge in [-0.2, -0.15) is 0 Å². The maximum Gasteiger partial charge on any atom is 0.306 e. The Morgan fingerprint density at radius 2 is 1.96 bits per heavy atom. The zero-order valence-corrected chi connectivity index (χ0v) is 15.1. The number of carbonyl (C=O) groups is 2. The maximum absolute atomic E-state index is 12.1. The molecule has 1 aromatic heterocycles. The largest absolute Gasteiger partial charge is 0.460 e. The minimum Gasteiger partial charge on any atom is -0.460 e. The Labute approximate surface area is 142 Å². The number of aromatic nitrogens is 1. The molecule has 2 rings (SSSR count). The number of nitrogens with one attached hydrogen (secondary N) is 2. The van der Waals surface area contributed by atoms with Gasteiger partial charge < -0.3 is 15.0 Å². The van der Waals surface area contributed by atoms with Crippen LogP contribution in [0, 0.1) is 6.92 Å². The van der Waals surface area contributed by atoms with Crippen molar-refractivity contribution in [1.82, 2.24) is 10.3 Å². The number of hydrogen-bond acceptors (Lipinski definition) is 3. The lowest BCUT2D eigenvalue weighted by atomic mass is 10.0. The van der Waals surface area contributed by atoms with Gasteiger partial charge in [0.15, 0.2) is 0 Å². The first kappa shape index (κ1) is 18.0. The van der Waals surface area contributed by atoms with E-state index in [4.69, 9.17) is 4.74 Å². The fourth-order valence-electron chi connectivity index (χ4n) is 2.74. The molecular weight excluding hydrogens is 304 g/mol. The Hall–Kier alpha value is -2.30. The van der Waals surface area contributed by atoms with E-state index in [0.29, 0.717) is 25.0 Å². The minimum atomic E-state index is -0.470. The number of benzene rings is 1. The second-order valence-corrected chi connectivity index (χ2v) is 7.05. The molecule has 0 saturated heterocycles. The average Bonchev–Trinajstić information content (AvgIpc) is 2.83. The Morgan fingerprint density at radius 1 is 1.25 bits per heavy atom. The number of amides is 1. The fourth-order valence-corrected chi connectivity index (χ4v) is 2.74. The Bertz CT molecular complexity index is 754. The molecule has 1 aromatic carbocycles. The van der Waals surface area contributed by atoms with Gasteiger partial charge in [-0.15, -0.1) is 0 Å². The molecule has 0 fully saturated rings. The predicted octanol–water partition coefficient (Wildman–Crippen LogP) is 3.50. The van der Waals surface area contributed by atoms with Gasteiger partial charge in [0, 0.05) is 24.4 Å². The third-order valence-electron chi connectivity index (χ3n) is 3.74. The summed E-state index contributed by atoms with van der Waals surface area (Å²) in [5, 5.41) is 3.71. The molecule has 1 heterocycles. The summed E-state index contributed by atoms with van der Waals surface area (Å²) in [6.45, 7) is 7.60. The van der Waals surface area contributed by atoms with Gasteiger partial charge in [-0.05, 0) is 58.2 Å². The summed E-state index contributed by atoms with van der Waals surface area (Å²) in [6.07, 6.45) is 1.62. The van der Waals surface area contributed by atoms with E-state index in [0.717, 1.165) is 22.0 Å². The summed E-state index contributed by atoms with van der Waals surface area (Å²) in [4.78, 5) is 27.2. The van der Waals surface area contributed by atoms with Gasteiger partial charge in [-0.1, -0.05) is 11.6 Å². The highest BCUT2D eigenvalue weighted by Crippen LogP contribution is 2.25. The van der Waals surface area contributed by atoms with Crippen molar-refractivity contribution in [2.24, 2.45) is 0 Å². The average molecular weight is 330 g/mol. The molecule has 0 saturated carbocycles. The van der Waals surface area contributed by atoms with Crippen LogP contribution in [0.4, 0.5) is 0 Å². The lowest BCUT2D eigenvalue weighted by Crippen LogP contribution is -2.23. The number of esters is 1. The molecule has 0 unspecified atom stereocenters. The van der Waals surface area contributed by atoms with Crippen LogP contribution in [0.1, 0.15) is 55.2 Å². The van der Waals surface area contributed by atoms with Crippen molar-refractivity contribution in [3.63, 3.8) is 0 Å². The molecular formula is C19H26N2O3. The van der Waals surface area contributed by atoms with Crippen molar-refractivity contribution in [3.05, 3.63) is 35.0 Å². The fraction of sp³-hybridized carbons (Fsp3) is 0.474. The third kappa shape index (κ3) is 4.37. The zero-order valence-electron chi connectivity index (χ0n) is 15.1. The van der Waals surface area contributed by atoms with Crippen molar-refractivity contribution >= 4 is 22.8 Å². The number of rotatable bonds is 5. The molecule has 130 valence electrons. The van der Waals surface area contributed by atoms with Crippen LogP contribution in [0.15, 0.2) is 18.2 Å². The highest BCUT2D eigenvalue weighted by molar-refractivity contribution is 6.01. The van der Waals surface area contributed by atoms with Gasteiger partial charge in [0.25, 0.3) is 5.91 Å². The molecule has 0 aliphatic rings. The molecule has 0 radical (unpaired) electrons. The standard InChI is InChI=1S/C19H26N2O3/c1-12-9-10-15-14(11-12)13(17(21-15)18(23)20-5)7-6-8-16(22)24-19(2,3)4/h9-11,21H,6-8H2,1-5H3,(H,20,23). The first-order valence-corrected chi connectivity index (χ1v) is 8.26. The topological polar surface area (TPSA) is 71.2 Å². The number of carbonyl (C=O) groups excluding carboxylic acids is 2. The number of fused-ring (bicyclic) bond motifs is 1.